The number of amides is 2. The highest BCUT2D eigenvalue weighted by molar-refractivity contribution is 7.13. The lowest BCUT2D eigenvalue weighted by molar-refractivity contribution is -0.118. The van der Waals surface area contributed by atoms with Crippen LogP contribution in [-0.2, 0) is 4.79 Å². The molecule has 0 saturated carbocycles. The molecule has 2 heterocycles. The molecule has 0 aliphatic carbocycles. The standard InChI is InChI=1S/C24H17N3O4S/c28-22(26-15-9-10-17-16-5-1-4-8-20(16)31-21(17)13-15)14-30-19-7-3-2-6-18(19)23(29)27-24-25-11-12-32-24/h1-13H,14H2,(H,26,28)(H,25,27,29). The largest absolute Gasteiger partial charge is 0.483 e. The molecule has 0 spiro atoms. The van der Waals surface area contributed by atoms with Crippen molar-refractivity contribution in [2.45, 2.75) is 0 Å². The zero-order valence-electron chi connectivity index (χ0n) is 16.7. The number of benzene rings is 3. The molecule has 2 amide bonds. The predicted molar refractivity (Wildman–Crippen MR) is 124 cm³/mol. The van der Waals surface area contributed by atoms with Crippen molar-refractivity contribution < 1.29 is 18.7 Å². The minimum Gasteiger partial charge on any atom is -0.483 e. The number of hydrogen-bond donors (Lipinski definition) is 2. The van der Waals surface area contributed by atoms with E-state index in [4.69, 9.17) is 9.15 Å². The first kappa shape index (κ1) is 19.8. The lowest BCUT2D eigenvalue weighted by atomic mass is 10.1. The summed E-state index contributed by atoms with van der Waals surface area (Å²) in [6.45, 7) is -0.250. The van der Waals surface area contributed by atoms with E-state index < -0.39 is 0 Å². The molecule has 5 rings (SSSR count). The van der Waals surface area contributed by atoms with E-state index in [1.165, 1.54) is 11.3 Å². The molecule has 158 valence electrons. The zero-order chi connectivity index (χ0) is 21.9. The number of fused-ring (bicyclic) bond motifs is 3. The quantitative estimate of drug-likeness (QED) is 0.371. The fourth-order valence-electron chi connectivity index (χ4n) is 3.37. The third-order valence-corrected chi connectivity index (χ3v) is 5.49. The van der Waals surface area contributed by atoms with E-state index in [-0.39, 0.29) is 18.4 Å². The Morgan fingerprint density at radius 2 is 1.75 bits per heavy atom. The number of aromatic nitrogens is 1. The maximum absolute atomic E-state index is 12.5. The Hall–Kier alpha value is -4.17. The smallest absolute Gasteiger partial charge is 0.262 e. The van der Waals surface area contributed by atoms with Gasteiger partial charge >= 0.3 is 0 Å². The minimum absolute atomic E-state index is 0.250. The second kappa shape index (κ2) is 8.52. The molecule has 0 aliphatic heterocycles. The molecule has 5 aromatic rings. The molecular formula is C24H17N3O4S. The molecule has 0 aliphatic rings. The lowest BCUT2D eigenvalue weighted by Crippen LogP contribution is -2.21. The molecule has 2 N–H and O–H groups in total. The van der Waals surface area contributed by atoms with Crippen LogP contribution in [0.15, 0.2) is 82.7 Å². The first-order valence-electron chi connectivity index (χ1n) is 9.81. The van der Waals surface area contributed by atoms with E-state index in [0.717, 1.165) is 16.4 Å². The summed E-state index contributed by atoms with van der Waals surface area (Å²) in [6, 6.07) is 20.0. The van der Waals surface area contributed by atoms with Gasteiger partial charge in [-0.3, -0.25) is 14.9 Å². The number of hydrogen-bond acceptors (Lipinski definition) is 6. The normalized spacial score (nSPS) is 10.9. The lowest BCUT2D eigenvalue weighted by Gasteiger charge is -2.11. The summed E-state index contributed by atoms with van der Waals surface area (Å²) in [5.74, 6) is -0.397. The number of ether oxygens (including phenoxy) is 1. The molecule has 32 heavy (non-hydrogen) atoms. The van der Waals surface area contributed by atoms with E-state index in [0.29, 0.717) is 27.7 Å². The Balaban J connectivity index is 1.26. The van der Waals surface area contributed by atoms with E-state index in [1.807, 2.05) is 36.4 Å². The highest BCUT2D eigenvalue weighted by Gasteiger charge is 2.15. The second-order valence-corrected chi connectivity index (χ2v) is 7.83. The number of nitrogens with zero attached hydrogens (tertiary/aromatic N) is 1. The van der Waals surface area contributed by atoms with Gasteiger partial charge in [0.1, 0.15) is 16.9 Å². The van der Waals surface area contributed by atoms with Crippen molar-refractivity contribution in [3.05, 3.63) is 83.9 Å². The van der Waals surface area contributed by atoms with Crippen molar-refractivity contribution in [1.82, 2.24) is 4.98 Å². The van der Waals surface area contributed by atoms with Crippen LogP contribution in [-0.4, -0.2) is 23.4 Å². The second-order valence-electron chi connectivity index (χ2n) is 6.93. The molecule has 8 heteroatoms. The molecule has 0 radical (unpaired) electrons. The summed E-state index contributed by atoms with van der Waals surface area (Å²) in [5.41, 5.74) is 2.40. The summed E-state index contributed by atoms with van der Waals surface area (Å²) >= 11 is 1.32. The van der Waals surface area contributed by atoms with E-state index in [1.54, 1.807) is 41.9 Å². The molecular weight excluding hydrogens is 426 g/mol. The maximum Gasteiger partial charge on any atom is 0.262 e. The van der Waals surface area contributed by atoms with E-state index >= 15 is 0 Å². The molecule has 0 atom stereocenters. The Morgan fingerprint density at radius 1 is 0.938 bits per heavy atom. The predicted octanol–water partition coefficient (Wildman–Crippen LogP) is 5.31. The van der Waals surface area contributed by atoms with Crippen LogP contribution < -0.4 is 15.4 Å². The van der Waals surface area contributed by atoms with Crippen molar-refractivity contribution in [3.8, 4) is 5.75 Å². The van der Waals surface area contributed by atoms with Gasteiger partial charge in [0, 0.05) is 34.1 Å². The highest BCUT2D eigenvalue weighted by atomic mass is 32.1. The van der Waals surface area contributed by atoms with Crippen LogP contribution in [0.25, 0.3) is 21.9 Å². The highest BCUT2D eigenvalue weighted by Crippen LogP contribution is 2.30. The first-order chi connectivity index (χ1) is 15.7. The van der Waals surface area contributed by atoms with Gasteiger partial charge in [-0.2, -0.15) is 0 Å². The van der Waals surface area contributed by atoms with Crippen LogP contribution in [0, 0.1) is 0 Å². The van der Waals surface area contributed by atoms with Crippen LogP contribution in [0.2, 0.25) is 0 Å². The van der Waals surface area contributed by atoms with E-state index in [2.05, 4.69) is 15.6 Å². The Labute approximate surface area is 186 Å². The zero-order valence-corrected chi connectivity index (χ0v) is 17.5. The molecule has 0 fully saturated rings. The van der Waals surface area contributed by atoms with Crippen LogP contribution >= 0.6 is 11.3 Å². The van der Waals surface area contributed by atoms with Crippen molar-refractivity contribution in [2.24, 2.45) is 0 Å². The number of carbonyl (C=O) groups excluding carboxylic acids is 2. The average molecular weight is 443 g/mol. The Bertz CT molecular complexity index is 1430. The molecule has 3 aromatic carbocycles. The average Bonchev–Trinajstić information content (AvgIpc) is 3.45. The number of anilines is 2. The summed E-state index contributed by atoms with van der Waals surface area (Å²) in [6.07, 6.45) is 1.61. The maximum atomic E-state index is 12.5. The molecule has 2 aromatic heterocycles. The summed E-state index contributed by atoms with van der Waals surface area (Å²) in [5, 5.41) is 9.78. The van der Waals surface area contributed by atoms with Crippen molar-refractivity contribution in [3.63, 3.8) is 0 Å². The van der Waals surface area contributed by atoms with Crippen LogP contribution in [0.1, 0.15) is 10.4 Å². The van der Waals surface area contributed by atoms with Gasteiger partial charge < -0.3 is 14.5 Å². The molecule has 0 bridgehead atoms. The first-order valence-corrected chi connectivity index (χ1v) is 10.7. The number of carbonyl (C=O) groups is 2. The van der Waals surface area contributed by atoms with Crippen molar-refractivity contribution in [1.29, 1.82) is 0 Å². The third-order valence-electron chi connectivity index (χ3n) is 4.81. The van der Waals surface area contributed by atoms with Gasteiger partial charge in [0.05, 0.1) is 5.56 Å². The van der Waals surface area contributed by atoms with Gasteiger partial charge in [0.2, 0.25) is 0 Å². The Morgan fingerprint density at radius 3 is 2.62 bits per heavy atom. The van der Waals surface area contributed by atoms with Gasteiger partial charge in [0.25, 0.3) is 11.8 Å². The number of nitrogens with one attached hydrogen (secondary N) is 2. The molecule has 7 nitrogen and oxygen atoms in total. The van der Waals surface area contributed by atoms with Crippen molar-refractivity contribution in [2.75, 3.05) is 17.2 Å². The van der Waals surface area contributed by atoms with Gasteiger partial charge in [-0.1, -0.05) is 30.3 Å². The van der Waals surface area contributed by atoms with Gasteiger partial charge in [0.15, 0.2) is 11.7 Å². The summed E-state index contributed by atoms with van der Waals surface area (Å²) in [4.78, 5) is 29.0. The van der Waals surface area contributed by atoms with E-state index in [9.17, 15) is 9.59 Å². The third kappa shape index (κ3) is 4.03. The molecule has 0 saturated heterocycles. The number of para-hydroxylation sites is 2. The summed E-state index contributed by atoms with van der Waals surface area (Å²) in [7, 11) is 0. The SMILES string of the molecule is O=C(COc1ccccc1C(=O)Nc1nccs1)Nc1ccc2c(c1)oc1ccccc12. The number of rotatable bonds is 6. The topological polar surface area (TPSA) is 93.5 Å². The number of furan rings is 1. The van der Waals surface area contributed by atoms with Crippen LogP contribution in [0.3, 0.4) is 0 Å². The van der Waals surface area contributed by atoms with Crippen LogP contribution in [0.5, 0.6) is 5.75 Å². The fourth-order valence-corrected chi connectivity index (χ4v) is 3.90. The van der Waals surface area contributed by atoms with Gasteiger partial charge in [-0.15, -0.1) is 11.3 Å². The van der Waals surface area contributed by atoms with Gasteiger partial charge in [-0.25, -0.2) is 4.98 Å². The minimum atomic E-state index is -0.355. The van der Waals surface area contributed by atoms with Gasteiger partial charge in [-0.05, 0) is 30.3 Å². The van der Waals surface area contributed by atoms with Crippen molar-refractivity contribution >= 4 is 55.9 Å². The Kier molecular flexibility index (Phi) is 5.27. The molecule has 0 unspecified atom stereocenters. The fraction of sp³-hybridized carbons (Fsp3) is 0.0417. The van der Waals surface area contributed by atoms with Crippen LogP contribution in [0.4, 0.5) is 10.8 Å². The number of thiazole rings is 1. The monoisotopic (exact) mass is 443 g/mol. The summed E-state index contributed by atoms with van der Waals surface area (Å²) < 4.78 is 11.5.